The molecule has 1 N–H and O–H groups in total. The fourth-order valence-electron chi connectivity index (χ4n) is 3.00. The molecule has 0 spiro atoms. The standard InChI is InChI=1S/C23H28N4O4/c1-25(2)22(28)16-27-12-11-17-15-18(5-10-21(17)27)24-23(29)26(3)13-14-31-20-8-6-19(30-4)7-9-20/h5-12,15H,13-14,16H2,1-4H3,(H,24,29). The van der Waals surface area contributed by atoms with E-state index in [9.17, 15) is 9.59 Å². The van der Waals surface area contributed by atoms with Crippen LogP contribution in [0.4, 0.5) is 10.5 Å². The number of fused-ring (bicyclic) bond motifs is 1. The molecule has 0 aliphatic carbocycles. The summed E-state index contributed by atoms with van der Waals surface area (Å²) in [6.07, 6.45) is 1.88. The lowest BCUT2D eigenvalue weighted by atomic mass is 10.2. The topological polar surface area (TPSA) is 76.0 Å². The largest absolute Gasteiger partial charge is 0.497 e. The van der Waals surface area contributed by atoms with E-state index in [-0.39, 0.29) is 18.5 Å². The average molecular weight is 425 g/mol. The molecule has 0 saturated heterocycles. The molecule has 3 rings (SSSR count). The van der Waals surface area contributed by atoms with E-state index in [1.807, 2.05) is 59.3 Å². The van der Waals surface area contributed by atoms with Crippen LogP contribution in [-0.4, -0.2) is 67.7 Å². The van der Waals surface area contributed by atoms with Crippen LogP contribution in [0.3, 0.4) is 0 Å². The predicted molar refractivity (Wildman–Crippen MR) is 121 cm³/mol. The monoisotopic (exact) mass is 424 g/mol. The van der Waals surface area contributed by atoms with E-state index in [2.05, 4.69) is 5.32 Å². The molecule has 0 saturated carbocycles. The van der Waals surface area contributed by atoms with Gasteiger partial charge in [-0.05, 0) is 48.5 Å². The number of methoxy groups -OCH3 is 1. The van der Waals surface area contributed by atoms with Gasteiger partial charge in [-0.25, -0.2) is 4.79 Å². The van der Waals surface area contributed by atoms with Gasteiger partial charge in [-0.1, -0.05) is 0 Å². The van der Waals surface area contributed by atoms with Crippen LogP contribution >= 0.6 is 0 Å². The molecule has 8 heteroatoms. The Morgan fingerprint density at radius 2 is 1.71 bits per heavy atom. The fraction of sp³-hybridized carbons (Fsp3) is 0.304. The minimum Gasteiger partial charge on any atom is -0.497 e. The number of amides is 3. The van der Waals surface area contributed by atoms with E-state index in [1.54, 1.807) is 38.1 Å². The molecule has 3 amide bonds. The third-order valence-corrected chi connectivity index (χ3v) is 4.93. The summed E-state index contributed by atoms with van der Waals surface area (Å²) in [5.74, 6) is 1.51. The van der Waals surface area contributed by atoms with Gasteiger partial charge in [0.05, 0.1) is 13.7 Å². The van der Waals surface area contributed by atoms with Crippen LogP contribution in [0.1, 0.15) is 0 Å². The van der Waals surface area contributed by atoms with Crippen molar-refractivity contribution in [3.05, 3.63) is 54.7 Å². The molecule has 0 aliphatic rings. The third-order valence-electron chi connectivity index (χ3n) is 4.93. The first-order valence-corrected chi connectivity index (χ1v) is 9.95. The van der Waals surface area contributed by atoms with Gasteiger partial charge in [-0.15, -0.1) is 0 Å². The van der Waals surface area contributed by atoms with E-state index < -0.39 is 0 Å². The number of carbonyl (C=O) groups is 2. The van der Waals surface area contributed by atoms with E-state index in [0.29, 0.717) is 18.8 Å². The molecule has 0 fully saturated rings. The number of carbonyl (C=O) groups excluding carboxylic acids is 2. The number of hydrogen-bond acceptors (Lipinski definition) is 4. The number of aromatic nitrogens is 1. The van der Waals surface area contributed by atoms with Crippen LogP contribution < -0.4 is 14.8 Å². The zero-order chi connectivity index (χ0) is 22.4. The highest BCUT2D eigenvalue weighted by atomic mass is 16.5. The molecule has 8 nitrogen and oxygen atoms in total. The highest BCUT2D eigenvalue weighted by Gasteiger charge is 2.11. The van der Waals surface area contributed by atoms with E-state index in [4.69, 9.17) is 9.47 Å². The normalized spacial score (nSPS) is 10.6. The van der Waals surface area contributed by atoms with Gasteiger partial charge in [0, 0.05) is 43.9 Å². The lowest BCUT2D eigenvalue weighted by Crippen LogP contribution is -2.34. The maximum absolute atomic E-state index is 12.5. The van der Waals surface area contributed by atoms with Gasteiger partial charge in [0.1, 0.15) is 24.7 Å². The summed E-state index contributed by atoms with van der Waals surface area (Å²) in [5.41, 5.74) is 1.63. The second-order valence-corrected chi connectivity index (χ2v) is 7.38. The average Bonchev–Trinajstić information content (AvgIpc) is 3.15. The van der Waals surface area contributed by atoms with Crippen molar-refractivity contribution in [3.63, 3.8) is 0 Å². The Kier molecular flexibility index (Phi) is 7.02. The van der Waals surface area contributed by atoms with Gasteiger partial charge in [0.25, 0.3) is 0 Å². The van der Waals surface area contributed by atoms with Crippen molar-refractivity contribution >= 4 is 28.5 Å². The van der Waals surface area contributed by atoms with Crippen LogP contribution in [0.15, 0.2) is 54.7 Å². The molecule has 1 heterocycles. The molecule has 0 unspecified atom stereocenters. The van der Waals surface area contributed by atoms with Crippen molar-refractivity contribution < 1.29 is 19.1 Å². The van der Waals surface area contributed by atoms with Gasteiger partial charge in [0.15, 0.2) is 0 Å². The first-order valence-electron chi connectivity index (χ1n) is 9.95. The first kappa shape index (κ1) is 22.0. The highest BCUT2D eigenvalue weighted by molar-refractivity contribution is 5.93. The van der Waals surface area contributed by atoms with Crippen LogP contribution in [0.2, 0.25) is 0 Å². The molecule has 3 aromatic rings. The van der Waals surface area contributed by atoms with Gasteiger partial charge in [-0.3, -0.25) is 4.79 Å². The zero-order valence-electron chi connectivity index (χ0n) is 18.3. The molecule has 164 valence electrons. The summed E-state index contributed by atoms with van der Waals surface area (Å²) in [6, 6.07) is 14.6. The summed E-state index contributed by atoms with van der Waals surface area (Å²) in [5, 5.41) is 3.85. The number of benzene rings is 2. The summed E-state index contributed by atoms with van der Waals surface area (Å²) in [7, 11) is 6.80. The van der Waals surface area contributed by atoms with E-state index in [1.165, 1.54) is 0 Å². The number of rotatable bonds is 8. The molecular formula is C23H28N4O4. The number of nitrogens with one attached hydrogen (secondary N) is 1. The van der Waals surface area contributed by atoms with Crippen molar-refractivity contribution in [2.24, 2.45) is 0 Å². The number of anilines is 1. The molecule has 0 radical (unpaired) electrons. The van der Waals surface area contributed by atoms with E-state index >= 15 is 0 Å². The third kappa shape index (κ3) is 5.69. The fourth-order valence-corrected chi connectivity index (χ4v) is 3.00. The Balaban J connectivity index is 1.53. The Morgan fingerprint density at radius 1 is 1.00 bits per heavy atom. The number of ether oxygens (including phenoxy) is 2. The smallest absolute Gasteiger partial charge is 0.321 e. The lowest BCUT2D eigenvalue weighted by Gasteiger charge is -2.18. The first-order chi connectivity index (χ1) is 14.9. The Labute approximate surface area is 181 Å². The minimum atomic E-state index is -0.222. The lowest BCUT2D eigenvalue weighted by molar-refractivity contribution is -0.129. The number of likely N-dealkylation sites (N-methyl/N-ethyl adjacent to an activating group) is 2. The zero-order valence-corrected chi connectivity index (χ0v) is 18.3. The van der Waals surface area contributed by atoms with Crippen molar-refractivity contribution in [3.8, 4) is 11.5 Å². The van der Waals surface area contributed by atoms with Crippen LogP contribution in [0, 0.1) is 0 Å². The summed E-state index contributed by atoms with van der Waals surface area (Å²) < 4.78 is 12.7. The van der Waals surface area contributed by atoms with Crippen LogP contribution in [0.5, 0.6) is 11.5 Å². The van der Waals surface area contributed by atoms with Crippen LogP contribution in [0.25, 0.3) is 10.9 Å². The van der Waals surface area contributed by atoms with Gasteiger partial charge in [-0.2, -0.15) is 0 Å². The Bertz CT molecular complexity index is 1040. The van der Waals surface area contributed by atoms with Crippen molar-refractivity contribution in [1.29, 1.82) is 0 Å². The van der Waals surface area contributed by atoms with Gasteiger partial charge < -0.3 is 29.2 Å². The number of urea groups is 1. The Hall–Kier alpha value is -3.68. The molecule has 1 aromatic heterocycles. The minimum absolute atomic E-state index is 0.0216. The molecule has 2 aromatic carbocycles. The summed E-state index contributed by atoms with van der Waals surface area (Å²) in [4.78, 5) is 27.6. The molecule has 0 aliphatic heterocycles. The maximum atomic E-state index is 12.5. The maximum Gasteiger partial charge on any atom is 0.321 e. The highest BCUT2D eigenvalue weighted by Crippen LogP contribution is 2.21. The van der Waals surface area contributed by atoms with Crippen LogP contribution in [-0.2, 0) is 11.3 Å². The quantitative estimate of drug-likeness (QED) is 0.602. The number of nitrogens with zero attached hydrogens (tertiary/aromatic N) is 3. The van der Waals surface area contributed by atoms with E-state index in [0.717, 1.165) is 22.4 Å². The molecule has 0 atom stereocenters. The molecule has 0 bridgehead atoms. The van der Waals surface area contributed by atoms with Crippen molar-refractivity contribution in [2.45, 2.75) is 6.54 Å². The van der Waals surface area contributed by atoms with Gasteiger partial charge in [0.2, 0.25) is 5.91 Å². The van der Waals surface area contributed by atoms with Crippen molar-refractivity contribution in [2.75, 3.05) is 46.7 Å². The molecule has 31 heavy (non-hydrogen) atoms. The summed E-state index contributed by atoms with van der Waals surface area (Å²) >= 11 is 0. The Morgan fingerprint density at radius 3 is 2.39 bits per heavy atom. The molecular weight excluding hydrogens is 396 g/mol. The van der Waals surface area contributed by atoms with Crippen molar-refractivity contribution in [1.82, 2.24) is 14.4 Å². The SMILES string of the molecule is COc1ccc(OCCN(C)C(=O)Nc2ccc3c(ccn3CC(=O)N(C)C)c2)cc1. The van der Waals surface area contributed by atoms with Gasteiger partial charge >= 0.3 is 6.03 Å². The predicted octanol–water partition coefficient (Wildman–Crippen LogP) is 3.28. The summed E-state index contributed by atoms with van der Waals surface area (Å²) in [6.45, 7) is 1.08. The number of hydrogen-bond donors (Lipinski definition) is 1. The second-order valence-electron chi connectivity index (χ2n) is 7.38. The second kappa shape index (κ2) is 9.88.